The number of nitrogens with one attached hydrogen (secondary N) is 1. The van der Waals surface area contributed by atoms with E-state index in [2.05, 4.69) is 19.2 Å². The number of hydrogen-bond donors (Lipinski definition) is 1. The van der Waals surface area contributed by atoms with E-state index < -0.39 is 0 Å². The Bertz CT molecular complexity index is 586. The van der Waals surface area contributed by atoms with E-state index in [0.717, 1.165) is 17.1 Å². The van der Waals surface area contributed by atoms with Gasteiger partial charge in [0.05, 0.1) is 25.8 Å². The number of amides is 1. The van der Waals surface area contributed by atoms with Crippen LogP contribution in [0.5, 0.6) is 11.5 Å². The van der Waals surface area contributed by atoms with Gasteiger partial charge in [-0.3, -0.25) is 9.69 Å². The molecule has 1 aliphatic rings. The number of carbonyl (C=O) groups excluding carboxylic acids is 1. The van der Waals surface area contributed by atoms with E-state index in [1.165, 1.54) is 0 Å². The zero-order valence-corrected chi connectivity index (χ0v) is 16.8. The van der Waals surface area contributed by atoms with Gasteiger partial charge in [-0.15, -0.1) is 0 Å². The van der Waals surface area contributed by atoms with Crippen molar-refractivity contribution in [2.24, 2.45) is 5.92 Å². The van der Waals surface area contributed by atoms with Crippen molar-refractivity contribution < 1.29 is 23.7 Å². The molecule has 0 bridgehead atoms. The summed E-state index contributed by atoms with van der Waals surface area (Å²) >= 11 is 0. The van der Waals surface area contributed by atoms with Crippen LogP contribution in [0.1, 0.15) is 25.5 Å². The van der Waals surface area contributed by atoms with Crippen molar-refractivity contribution in [3.05, 3.63) is 23.8 Å². The summed E-state index contributed by atoms with van der Waals surface area (Å²) in [5, 5.41) is 3.16. The first-order valence-corrected chi connectivity index (χ1v) is 9.44. The smallest absolute Gasteiger partial charge is 0.234 e. The third kappa shape index (κ3) is 6.68. The fourth-order valence-corrected chi connectivity index (χ4v) is 3.02. The van der Waals surface area contributed by atoms with Crippen molar-refractivity contribution in [2.45, 2.75) is 19.9 Å². The summed E-state index contributed by atoms with van der Waals surface area (Å²) in [5.41, 5.74) is 1.02. The van der Waals surface area contributed by atoms with E-state index in [1.54, 1.807) is 14.2 Å². The molecular weight excluding hydrogens is 348 g/mol. The molecular formula is C20H32N2O5. The van der Waals surface area contributed by atoms with E-state index in [0.29, 0.717) is 46.1 Å². The predicted molar refractivity (Wildman–Crippen MR) is 103 cm³/mol. The zero-order valence-electron chi connectivity index (χ0n) is 16.8. The molecule has 0 aliphatic carbocycles. The molecule has 7 nitrogen and oxygen atoms in total. The standard InChI is InChI=1S/C20H32N2O5/c1-15(2)20(16-5-6-17-18(13-16)27-12-11-26-17)21-19(23)14-22(7-9-24-3)8-10-25-4/h5-6,13,15,20H,7-12,14H2,1-4H3,(H,21,23). The fourth-order valence-electron chi connectivity index (χ4n) is 3.02. The van der Waals surface area contributed by atoms with Crippen LogP contribution < -0.4 is 14.8 Å². The lowest BCUT2D eigenvalue weighted by atomic mass is 9.95. The second-order valence-electron chi connectivity index (χ2n) is 6.95. The minimum absolute atomic E-state index is 0.0178. The van der Waals surface area contributed by atoms with Gasteiger partial charge < -0.3 is 24.3 Å². The Morgan fingerprint density at radius 2 is 1.74 bits per heavy atom. The van der Waals surface area contributed by atoms with Gasteiger partial charge in [0, 0.05) is 27.3 Å². The maximum Gasteiger partial charge on any atom is 0.234 e. The first kappa shape index (κ1) is 21.5. The van der Waals surface area contributed by atoms with Crippen molar-refractivity contribution >= 4 is 5.91 Å². The number of nitrogens with zero attached hydrogens (tertiary/aromatic N) is 1. The fraction of sp³-hybridized carbons (Fsp3) is 0.650. The van der Waals surface area contributed by atoms with Crippen LogP contribution in [0.15, 0.2) is 18.2 Å². The monoisotopic (exact) mass is 380 g/mol. The van der Waals surface area contributed by atoms with Crippen molar-refractivity contribution in [2.75, 3.05) is 60.3 Å². The molecule has 1 aliphatic heterocycles. The van der Waals surface area contributed by atoms with Gasteiger partial charge in [-0.1, -0.05) is 19.9 Å². The molecule has 2 rings (SSSR count). The molecule has 1 unspecified atom stereocenters. The van der Waals surface area contributed by atoms with Crippen molar-refractivity contribution in [1.29, 1.82) is 0 Å². The number of benzene rings is 1. The third-order valence-corrected chi connectivity index (χ3v) is 4.50. The molecule has 0 radical (unpaired) electrons. The molecule has 1 N–H and O–H groups in total. The van der Waals surface area contributed by atoms with Crippen molar-refractivity contribution in [3.8, 4) is 11.5 Å². The molecule has 0 saturated heterocycles. The average Bonchev–Trinajstić information content (AvgIpc) is 2.67. The van der Waals surface area contributed by atoms with Gasteiger partial charge in [0.1, 0.15) is 13.2 Å². The van der Waals surface area contributed by atoms with Gasteiger partial charge in [-0.25, -0.2) is 0 Å². The highest BCUT2D eigenvalue weighted by Crippen LogP contribution is 2.34. The number of rotatable bonds is 11. The summed E-state index contributed by atoms with van der Waals surface area (Å²) in [6, 6.07) is 5.77. The summed E-state index contributed by atoms with van der Waals surface area (Å²) in [5.74, 6) is 1.71. The van der Waals surface area contributed by atoms with E-state index in [1.807, 2.05) is 23.1 Å². The zero-order chi connectivity index (χ0) is 19.6. The molecule has 27 heavy (non-hydrogen) atoms. The molecule has 152 valence electrons. The molecule has 0 fully saturated rings. The summed E-state index contributed by atoms with van der Waals surface area (Å²) < 4.78 is 21.5. The summed E-state index contributed by atoms with van der Waals surface area (Å²) in [6.07, 6.45) is 0. The molecule has 0 saturated carbocycles. The van der Waals surface area contributed by atoms with Gasteiger partial charge in [0.2, 0.25) is 5.91 Å². The number of hydrogen-bond acceptors (Lipinski definition) is 6. The Hall–Kier alpha value is -1.83. The summed E-state index contributed by atoms with van der Waals surface area (Å²) in [4.78, 5) is 14.7. The molecule has 0 aromatic heterocycles. The van der Waals surface area contributed by atoms with Gasteiger partial charge >= 0.3 is 0 Å². The van der Waals surface area contributed by atoms with Gasteiger partial charge in [-0.05, 0) is 23.6 Å². The van der Waals surface area contributed by atoms with Crippen LogP contribution in [0.4, 0.5) is 0 Å². The van der Waals surface area contributed by atoms with Gasteiger partial charge in [0.15, 0.2) is 11.5 Å². The predicted octanol–water partition coefficient (Wildman–Crippen LogP) is 1.87. The van der Waals surface area contributed by atoms with Crippen LogP contribution in [0, 0.1) is 5.92 Å². The Morgan fingerprint density at radius 3 is 2.33 bits per heavy atom. The molecule has 1 aromatic rings. The normalized spacial score (nSPS) is 14.4. The second kappa shape index (κ2) is 11.1. The van der Waals surface area contributed by atoms with E-state index >= 15 is 0 Å². The van der Waals surface area contributed by atoms with Crippen LogP contribution in [0.2, 0.25) is 0 Å². The largest absolute Gasteiger partial charge is 0.486 e. The molecule has 1 atom stereocenters. The summed E-state index contributed by atoms with van der Waals surface area (Å²) in [7, 11) is 3.32. The Morgan fingerprint density at radius 1 is 1.11 bits per heavy atom. The van der Waals surface area contributed by atoms with E-state index in [9.17, 15) is 4.79 Å². The Balaban J connectivity index is 2.02. The highest BCUT2D eigenvalue weighted by Gasteiger charge is 2.22. The second-order valence-corrected chi connectivity index (χ2v) is 6.95. The maximum atomic E-state index is 12.7. The number of ether oxygens (including phenoxy) is 4. The lowest BCUT2D eigenvalue weighted by Gasteiger charge is -2.27. The molecule has 1 amide bonds. The average molecular weight is 380 g/mol. The summed E-state index contributed by atoms with van der Waals surface area (Å²) in [6.45, 7) is 8.12. The van der Waals surface area contributed by atoms with Crippen LogP contribution in [0.3, 0.4) is 0 Å². The quantitative estimate of drug-likeness (QED) is 0.632. The van der Waals surface area contributed by atoms with Crippen LogP contribution >= 0.6 is 0 Å². The lowest BCUT2D eigenvalue weighted by Crippen LogP contribution is -2.42. The van der Waals surface area contributed by atoms with E-state index in [4.69, 9.17) is 18.9 Å². The SMILES string of the molecule is COCCN(CCOC)CC(=O)NC(c1ccc2c(c1)OCCO2)C(C)C. The topological polar surface area (TPSA) is 69.3 Å². The van der Waals surface area contributed by atoms with E-state index in [-0.39, 0.29) is 17.9 Å². The minimum Gasteiger partial charge on any atom is -0.486 e. The van der Waals surface area contributed by atoms with Gasteiger partial charge in [-0.2, -0.15) is 0 Å². The molecule has 1 heterocycles. The molecule has 7 heteroatoms. The third-order valence-electron chi connectivity index (χ3n) is 4.50. The Labute approximate surface area is 161 Å². The highest BCUT2D eigenvalue weighted by atomic mass is 16.6. The first-order valence-electron chi connectivity index (χ1n) is 9.44. The van der Waals surface area contributed by atoms with Crippen molar-refractivity contribution in [3.63, 3.8) is 0 Å². The highest BCUT2D eigenvalue weighted by molar-refractivity contribution is 5.78. The van der Waals surface area contributed by atoms with Crippen LogP contribution in [-0.2, 0) is 14.3 Å². The van der Waals surface area contributed by atoms with Gasteiger partial charge in [0.25, 0.3) is 0 Å². The number of fused-ring (bicyclic) bond motifs is 1. The van der Waals surface area contributed by atoms with Crippen LogP contribution in [0.25, 0.3) is 0 Å². The maximum absolute atomic E-state index is 12.7. The Kier molecular flexibility index (Phi) is 8.84. The lowest BCUT2D eigenvalue weighted by molar-refractivity contribution is -0.123. The number of carbonyl (C=O) groups is 1. The molecule has 1 aromatic carbocycles. The molecule has 0 spiro atoms. The minimum atomic E-state index is -0.0972. The first-order chi connectivity index (χ1) is 13.0. The van der Waals surface area contributed by atoms with Crippen LogP contribution in [-0.4, -0.2) is 71.1 Å². The number of methoxy groups -OCH3 is 2. The van der Waals surface area contributed by atoms with Crippen molar-refractivity contribution in [1.82, 2.24) is 10.2 Å².